The van der Waals surface area contributed by atoms with Gasteiger partial charge in [0, 0.05) is 22.9 Å². The van der Waals surface area contributed by atoms with E-state index in [0.29, 0.717) is 0 Å². The van der Waals surface area contributed by atoms with E-state index in [1.165, 1.54) is 11.1 Å². The van der Waals surface area contributed by atoms with Crippen LogP contribution in [0.5, 0.6) is 11.5 Å². The van der Waals surface area contributed by atoms with Crippen LogP contribution < -0.4 is 4.74 Å². The topological polar surface area (TPSA) is 47.9 Å². The number of benzene rings is 4. The van der Waals surface area contributed by atoms with Crippen molar-refractivity contribution in [2.45, 2.75) is 13.8 Å². The highest BCUT2D eigenvalue weighted by Gasteiger charge is 2.15. The standard InChI is InChI=1S/C33H25N3O/c1-22-17-23(2)19-26(18-22)33-32(35-30-14-3-4-15-31(30)36-33)25-10-8-12-28(21-25)37-27-11-7-9-24(20-27)29-13-5-6-16-34-29/h3-21H,1-2H3. The van der Waals surface area contributed by atoms with Gasteiger partial charge in [-0.3, -0.25) is 4.98 Å². The Morgan fingerprint density at radius 1 is 0.514 bits per heavy atom. The molecule has 0 aliphatic rings. The molecule has 0 unspecified atom stereocenters. The van der Waals surface area contributed by atoms with Gasteiger partial charge in [-0.2, -0.15) is 0 Å². The molecule has 178 valence electrons. The number of para-hydroxylation sites is 2. The lowest BCUT2D eigenvalue weighted by Crippen LogP contribution is -1.96. The predicted octanol–water partition coefficient (Wildman–Crippen LogP) is 8.43. The highest BCUT2D eigenvalue weighted by atomic mass is 16.5. The molecule has 6 rings (SSSR count). The molecule has 0 atom stereocenters. The van der Waals surface area contributed by atoms with Crippen molar-refractivity contribution in [3.63, 3.8) is 0 Å². The Bertz CT molecular complexity index is 1710. The zero-order chi connectivity index (χ0) is 25.2. The molecule has 0 fully saturated rings. The van der Waals surface area contributed by atoms with Crippen LogP contribution in [0.2, 0.25) is 0 Å². The molecule has 4 nitrogen and oxygen atoms in total. The summed E-state index contributed by atoms with van der Waals surface area (Å²) >= 11 is 0. The second-order valence-electron chi connectivity index (χ2n) is 9.16. The van der Waals surface area contributed by atoms with Crippen LogP contribution in [0.1, 0.15) is 11.1 Å². The third kappa shape index (κ3) is 4.82. The third-order valence-corrected chi connectivity index (χ3v) is 6.20. The molecule has 37 heavy (non-hydrogen) atoms. The summed E-state index contributed by atoms with van der Waals surface area (Å²) in [7, 11) is 0. The minimum Gasteiger partial charge on any atom is -0.457 e. The van der Waals surface area contributed by atoms with Crippen LogP contribution in [0.15, 0.2) is 115 Å². The second kappa shape index (κ2) is 9.67. The first-order chi connectivity index (χ1) is 18.1. The number of ether oxygens (including phenoxy) is 1. The fourth-order valence-electron chi connectivity index (χ4n) is 4.61. The van der Waals surface area contributed by atoms with Crippen LogP contribution in [0.3, 0.4) is 0 Å². The van der Waals surface area contributed by atoms with E-state index in [2.05, 4.69) is 43.1 Å². The molecule has 0 amide bonds. The Balaban J connectivity index is 1.42. The summed E-state index contributed by atoms with van der Waals surface area (Å²) in [5, 5.41) is 0. The predicted molar refractivity (Wildman–Crippen MR) is 150 cm³/mol. The second-order valence-corrected chi connectivity index (χ2v) is 9.16. The normalized spacial score (nSPS) is 11.0. The van der Waals surface area contributed by atoms with Crippen molar-refractivity contribution in [1.29, 1.82) is 0 Å². The largest absolute Gasteiger partial charge is 0.457 e. The third-order valence-electron chi connectivity index (χ3n) is 6.20. The van der Waals surface area contributed by atoms with Gasteiger partial charge in [0.25, 0.3) is 0 Å². The summed E-state index contributed by atoms with van der Waals surface area (Å²) < 4.78 is 6.30. The van der Waals surface area contributed by atoms with Crippen LogP contribution in [0.4, 0.5) is 0 Å². The van der Waals surface area contributed by atoms with Crippen LogP contribution in [-0.2, 0) is 0 Å². The number of nitrogens with zero attached hydrogens (tertiary/aromatic N) is 3. The number of pyridine rings is 1. The zero-order valence-electron chi connectivity index (χ0n) is 20.7. The fourth-order valence-corrected chi connectivity index (χ4v) is 4.61. The molecule has 0 aliphatic heterocycles. The van der Waals surface area contributed by atoms with Gasteiger partial charge in [0.05, 0.1) is 28.1 Å². The molecule has 0 bridgehead atoms. The van der Waals surface area contributed by atoms with Crippen molar-refractivity contribution >= 4 is 11.0 Å². The molecule has 6 aromatic rings. The molecule has 2 aromatic heterocycles. The van der Waals surface area contributed by atoms with Gasteiger partial charge in [0.15, 0.2) is 0 Å². The summed E-state index contributed by atoms with van der Waals surface area (Å²) in [6.07, 6.45) is 1.80. The average molecular weight is 480 g/mol. The highest BCUT2D eigenvalue weighted by molar-refractivity contribution is 5.86. The lowest BCUT2D eigenvalue weighted by molar-refractivity contribution is 0.483. The summed E-state index contributed by atoms with van der Waals surface area (Å²) in [6.45, 7) is 4.22. The number of aryl methyl sites for hydroxylation is 2. The summed E-state index contributed by atoms with van der Waals surface area (Å²) in [6, 6.07) is 36.4. The lowest BCUT2D eigenvalue weighted by Gasteiger charge is -2.13. The fraction of sp³-hybridized carbons (Fsp3) is 0.0606. The van der Waals surface area contributed by atoms with Gasteiger partial charge in [-0.05, 0) is 74.5 Å². The van der Waals surface area contributed by atoms with Gasteiger partial charge >= 0.3 is 0 Å². The Kier molecular flexibility index (Phi) is 5.91. The molecule has 4 heteroatoms. The Labute approximate surface area is 216 Å². The van der Waals surface area contributed by atoms with E-state index in [1.54, 1.807) is 6.20 Å². The smallest absolute Gasteiger partial charge is 0.128 e. The highest BCUT2D eigenvalue weighted by Crippen LogP contribution is 2.35. The number of aromatic nitrogens is 3. The monoisotopic (exact) mass is 479 g/mol. The maximum absolute atomic E-state index is 6.30. The molecule has 2 heterocycles. The van der Waals surface area contributed by atoms with Crippen molar-refractivity contribution in [2.24, 2.45) is 0 Å². The van der Waals surface area contributed by atoms with Gasteiger partial charge < -0.3 is 4.74 Å². The maximum Gasteiger partial charge on any atom is 0.128 e. The molecule has 0 saturated heterocycles. The molecule has 4 aromatic carbocycles. The number of fused-ring (bicyclic) bond motifs is 1. The summed E-state index contributed by atoms with van der Waals surface area (Å²) in [5.74, 6) is 1.48. The van der Waals surface area contributed by atoms with Crippen molar-refractivity contribution in [3.8, 4) is 45.3 Å². The van der Waals surface area contributed by atoms with Crippen molar-refractivity contribution in [2.75, 3.05) is 0 Å². The van der Waals surface area contributed by atoms with E-state index >= 15 is 0 Å². The van der Waals surface area contributed by atoms with Crippen molar-refractivity contribution < 1.29 is 4.74 Å². The van der Waals surface area contributed by atoms with Gasteiger partial charge in [0.2, 0.25) is 0 Å². The minimum atomic E-state index is 0.733. The molecule has 0 radical (unpaired) electrons. The van der Waals surface area contributed by atoms with Crippen LogP contribution in [-0.4, -0.2) is 15.0 Å². The van der Waals surface area contributed by atoms with Crippen LogP contribution in [0, 0.1) is 13.8 Å². The van der Waals surface area contributed by atoms with E-state index in [-0.39, 0.29) is 0 Å². The zero-order valence-corrected chi connectivity index (χ0v) is 20.7. The summed E-state index contributed by atoms with van der Waals surface area (Å²) in [5.41, 5.74) is 9.74. The van der Waals surface area contributed by atoms with Gasteiger partial charge in [0.1, 0.15) is 11.5 Å². The molecule has 0 spiro atoms. The molecular weight excluding hydrogens is 454 g/mol. The minimum absolute atomic E-state index is 0.733. The molecule has 0 aliphatic carbocycles. The van der Waals surface area contributed by atoms with E-state index in [1.807, 2.05) is 84.9 Å². The quantitative estimate of drug-likeness (QED) is 0.249. The molecule has 0 saturated carbocycles. The van der Waals surface area contributed by atoms with Gasteiger partial charge in [-0.1, -0.05) is 59.7 Å². The van der Waals surface area contributed by atoms with E-state index in [0.717, 1.165) is 56.3 Å². The summed E-state index contributed by atoms with van der Waals surface area (Å²) in [4.78, 5) is 14.6. The number of hydrogen-bond acceptors (Lipinski definition) is 4. The van der Waals surface area contributed by atoms with Crippen LogP contribution in [0.25, 0.3) is 44.8 Å². The number of hydrogen-bond donors (Lipinski definition) is 0. The van der Waals surface area contributed by atoms with E-state index in [9.17, 15) is 0 Å². The van der Waals surface area contributed by atoms with Crippen molar-refractivity contribution in [1.82, 2.24) is 15.0 Å². The lowest BCUT2D eigenvalue weighted by atomic mass is 10.00. The SMILES string of the molecule is Cc1cc(C)cc(-c2nc3ccccc3nc2-c2cccc(Oc3cccc(-c4ccccn4)c3)c2)c1. The van der Waals surface area contributed by atoms with Gasteiger partial charge in [-0.25, -0.2) is 9.97 Å². The Hall–Kier alpha value is -4.83. The number of rotatable bonds is 5. The Morgan fingerprint density at radius 3 is 1.76 bits per heavy atom. The molecule has 0 N–H and O–H groups in total. The van der Waals surface area contributed by atoms with E-state index in [4.69, 9.17) is 14.7 Å². The average Bonchev–Trinajstić information content (AvgIpc) is 2.92. The first-order valence-electron chi connectivity index (χ1n) is 12.3. The first-order valence-corrected chi connectivity index (χ1v) is 12.3. The van der Waals surface area contributed by atoms with Gasteiger partial charge in [-0.15, -0.1) is 0 Å². The van der Waals surface area contributed by atoms with E-state index < -0.39 is 0 Å². The first kappa shape index (κ1) is 22.6. The van der Waals surface area contributed by atoms with Crippen molar-refractivity contribution in [3.05, 3.63) is 127 Å². The Morgan fingerprint density at radius 2 is 1.11 bits per heavy atom. The maximum atomic E-state index is 6.30. The van der Waals surface area contributed by atoms with Crippen LogP contribution >= 0.6 is 0 Å². The molecular formula is C33H25N3O.